The number of ether oxygens (including phenoxy) is 2. The fourth-order valence-corrected chi connectivity index (χ4v) is 3.35. The quantitative estimate of drug-likeness (QED) is 0.619. The van der Waals surface area contributed by atoms with Gasteiger partial charge in [0.2, 0.25) is 5.82 Å². The fourth-order valence-electron chi connectivity index (χ4n) is 3.14. The Hall–Kier alpha value is -3.53. The van der Waals surface area contributed by atoms with Crippen LogP contribution in [0.3, 0.4) is 0 Å². The van der Waals surface area contributed by atoms with E-state index in [0.717, 1.165) is 11.3 Å². The molecule has 3 heterocycles. The first-order valence-electron chi connectivity index (χ1n) is 9.24. The first-order chi connectivity index (χ1) is 14.6. The van der Waals surface area contributed by atoms with Gasteiger partial charge in [-0.1, -0.05) is 30.4 Å². The molecule has 3 aromatic rings. The molecule has 0 radical (unpaired) electrons. The van der Waals surface area contributed by atoms with Crippen molar-refractivity contribution in [2.45, 2.75) is 12.6 Å². The highest BCUT2D eigenvalue weighted by Crippen LogP contribution is 2.27. The van der Waals surface area contributed by atoms with Crippen LogP contribution in [0.4, 0.5) is 5.82 Å². The molecule has 154 valence electrons. The van der Waals surface area contributed by atoms with Crippen LogP contribution in [0, 0.1) is 0 Å². The van der Waals surface area contributed by atoms with E-state index in [1.54, 1.807) is 36.0 Å². The van der Waals surface area contributed by atoms with Gasteiger partial charge in [0.05, 0.1) is 13.7 Å². The zero-order valence-electron chi connectivity index (χ0n) is 16.5. The topological polar surface area (TPSA) is 94.4 Å². The molecule has 1 aromatic carbocycles. The van der Waals surface area contributed by atoms with Gasteiger partial charge in [-0.2, -0.15) is 0 Å². The summed E-state index contributed by atoms with van der Waals surface area (Å²) in [4.78, 5) is 23.4. The molecule has 10 heteroatoms. The average molecular weight is 424 g/mol. The molecular formula is C20H20N6O3S. The molecule has 0 aliphatic carbocycles. The van der Waals surface area contributed by atoms with Crippen molar-refractivity contribution in [3.05, 3.63) is 60.3 Å². The van der Waals surface area contributed by atoms with Crippen LogP contribution in [0.5, 0.6) is 11.5 Å². The van der Waals surface area contributed by atoms with Crippen molar-refractivity contribution >= 4 is 28.9 Å². The van der Waals surface area contributed by atoms with E-state index in [9.17, 15) is 4.79 Å². The van der Waals surface area contributed by atoms with Gasteiger partial charge in [-0.25, -0.2) is 14.6 Å². The summed E-state index contributed by atoms with van der Waals surface area (Å²) in [6.45, 7) is 0.620. The first-order valence-corrected chi connectivity index (χ1v) is 9.65. The van der Waals surface area contributed by atoms with Crippen molar-refractivity contribution in [3.8, 4) is 11.5 Å². The minimum absolute atomic E-state index is 0.0511. The lowest BCUT2D eigenvalue weighted by molar-refractivity contribution is 0.0927. The van der Waals surface area contributed by atoms with E-state index >= 15 is 0 Å². The Kier molecular flexibility index (Phi) is 5.57. The maximum atomic E-state index is 12.7. The standard InChI is InChI=1S/C20H20N6O3S/c1-25-18-16(8-5-9-21-18)29-11-14(20(25)30)23-19(27)17-22-12-26(24-17)10-13-6-3-4-7-15(13)28-2/h3-9,12,14H,10-11H2,1-2H3,(H,23,27)/t14-/m0/s1. The second-order valence-electron chi connectivity index (χ2n) is 6.64. The highest BCUT2D eigenvalue weighted by molar-refractivity contribution is 7.80. The Morgan fingerprint density at radius 3 is 2.97 bits per heavy atom. The molecule has 2 aromatic heterocycles. The molecule has 30 heavy (non-hydrogen) atoms. The number of aromatic nitrogens is 4. The zero-order valence-corrected chi connectivity index (χ0v) is 17.3. The van der Waals surface area contributed by atoms with Gasteiger partial charge >= 0.3 is 0 Å². The number of hydrogen-bond acceptors (Lipinski definition) is 7. The van der Waals surface area contributed by atoms with Gasteiger partial charge in [0.15, 0.2) is 11.6 Å². The number of carbonyl (C=O) groups is 1. The van der Waals surface area contributed by atoms with Gasteiger partial charge in [-0.05, 0) is 18.2 Å². The second kappa shape index (κ2) is 8.46. The van der Waals surface area contributed by atoms with Crippen molar-refractivity contribution in [1.29, 1.82) is 0 Å². The summed E-state index contributed by atoms with van der Waals surface area (Å²) >= 11 is 5.53. The monoisotopic (exact) mass is 424 g/mol. The summed E-state index contributed by atoms with van der Waals surface area (Å²) in [5, 5.41) is 7.13. The van der Waals surface area contributed by atoms with Crippen LogP contribution in [-0.2, 0) is 6.54 Å². The number of amides is 1. The van der Waals surface area contributed by atoms with E-state index in [2.05, 4.69) is 20.4 Å². The van der Waals surface area contributed by atoms with Crippen molar-refractivity contribution < 1.29 is 14.3 Å². The molecule has 1 aliphatic heterocycles. The fraction of sp³-hybridized carbons (Fsp3) is 0.250. The predicted molar refractivity (Wildman–Crippen MR) is 114 cm³/mol. The lowest BCUT2D eigenvalue weighted by atomic mass is 10.2. The lowest BCUT2D eigenvalue weighted by Crippen LogP contribution is -2.48. The number of para-hydroxylation sites is 1. The molecule has 0 bridgehead atoms. The van der Waals surface area contributed by atoms with Gasteiger partial charge in [0, 0.05) is 18.8 Å². The van der Waals surface area contributed by atoms with Crippen molar-refractivity contribution in [3.63, 3.8) is 0 Å². The van der Waals surface area contributed by atoms with Crippen LogP contribution in [-0.4, -0.2) is 57.5 Å². The Morgan fingerprint density at radius 2 is 2.13 bits per heavy atom. The van der Waals surface area contributed by atoms with Gasteiger partial charge in [0.1, 0.15) is 29.7 Å². The number of nitrogens with zero attached hydrogens (tertiary/aromatic N) is 5. The number of carbonyl (C=O) groups excluding carboxylic acids is 1. The number of thiocarbonyl (C=S) groups is 1. The molecule has 0 saturated heterocycles. The van der Waals surface area contributed by atoms with Gasteiger partial charge in [-0.15, -0.1) is 5.10 Å². The van der Waals surface area contributed by atoms with E-state index in [1.165, 1.54) is 6.33 Å². The van der Waals surface area contributed by atoms with Crippen LogP contribution in [0.2, 0.25) is 0 Å². The normalized spacial score (nSPS) is 15.7. The number of nitrogens with one attached hydrogen (secondary N) is 1. The summed E-state index contributed by atoms with van der Waals surface area (Å²) in [7, 11) is 3.41. The maximum absolute atomic E-state index is 12.7. The molecule has 4 rings (SSSR count). The first kappa shape index (κ1) is 19.8. The molecular weight excluding hydrogens is 404 g/mol. The molecule has 1 aliphatic rings. The van der Waals surface area contributed by atoms with Gasteiger partial charge in [-0.3, -0.25) is 4.79 Å². The highest BCUT2D eigenvalue weighted by atomic mass is 32.1. The molecule has 1 amide bonds. The van der Waals surface area contributed by atoms with Gasteiger partial charge < -0.3 is 19.7 Å². The minimum Gasteiger partial charge on any atom is -0.496 e. The number of anilines is 1. The summed E-state index contributed by atoms with van der Waals surface area (Å²) in [5.41, 5.74) is 0.932. The lowest BCUT2D eigenvalue weighted by Gasteiger charge is -2.22. The summed E-state index contributed by atoms with van der Waals surface area (Å²) in [6.07, 6.45) is 3.17. The number of pyridine rings is 1. The number of rotatable bonds is 5. The molecule has 0 spiro atoms. The molecule has 0 fully saturated rings. The third kappa shape index (κ3) is 3.94. The van der Waals surface area contributed by atoms with Crippen LogP contribution in [0.15, 0.2) is 48.9 Å². The molecule has 0 saturated carbocycles. The van der Waals surface area contributed by atoms with Crippen LogP contribution in [0.25, 0.3) is 0 Å². The number of benzene rings is 1. The van der Waals surface area contributed by atoms with Gasteiger partial charge in [0.25, 0.3) is 5.91 Å². The molecule has 1 atom stereocenters. The van der Waals surface area contributed by atoms with Crippen LogP contribution in [0.1, 0.15) is 16.2 Å². The van der Waals surface area contributed by atoms with Crippen molar-refractivity contribution in [2.75, 3.05) is 25.7 Å². The van der Waals surface area contributed by atoms with Crippen molar-refractivity contribution in [1.82, 2.24) is 25.1 Å². The highest BCUT2D eigenvalue weighted by Gasteiger charge is 2.29. The summed E-state index contributed by atoms with van der Waals surface area (Å²) in [6, 6.07) is 10.7. The Balaban J connectivity index is 1.45. The Labute approximate surface area is 178 Å². The number of methoxy groups -OCH3 is 1. The van der Waals surface area contributed by atoms with E-state index < -0.39 is 11.9 Å². The SMILES string of the molecule is COc1ccccc1Cn1cnc(C(=O)N[C@H]2COc3cccnc3N(C)C2=S)n1. The maximum Gasteiger partial charge on any atom is 0.291 e. The van der Waals surface area contributed by atoms with E-state index in [-0.39, 0.29) is 12.4 Å². The number of likely N-dealkylation sites (N-methyl/N-ethyl adjacent to an activating group) is 1. The van der Waals surface area contributed by atoms with Crippen molar-refractivity contribution in [2.24, 2.45) is 0 Å². The van der Waals surface area contributed by atoms with E-state index in [0.29, 0.717) is 23.1 Å². The summed E-state index contributed by atoms with van der Waals surface area (Å²) in [5.74, 6) is 1.58. The average Bonchev–Trinajstić information content (AvgIpc) is 3.20. The minimum atomic E-state index is -0.520. The number of hydrogen-bond donors (Lipinski definition) is 1. The smallest absolute Gasteiger partial charge is 0.291 e. The van der Waals surface area contributed by atoms with E-state index in [4.69, 9.17) is 21.7 Å². The largest absolute Gasteiger partial charge is 0.496 e. The second-order valence-corrected chi connectivity index (χ2v) is 7.06. The van der Waals surface area contributed by atoms with Crippen LogP contribution < -0.4 is 19.7 Å². The molecule has 9 nitrogen and oxygen atoms in total. The molecule has 0 unspecified atom stereocenters. The Bertz CT molecular complexity index is 1090. The summed E-state index contributed by atoms with van der Waals surface area (Å²) < 4.78 is 12.7. The zero-order chi connectivity index (χ0) is 21.1. The van der Waals surface area contributed by atoms with Crippen LogP contribution >= 0.6 is 12.2 Å². The predicted octanol–water partition coefficient (Wildman–Crippen LogP) is 1.68. The third-order valence-corrected chi connectivity index (χ3v) is 5.23. The molecule has 1 N–H and O–H groups in total. The van der Waals surface area contributed by atoms with E-state index in [1.807, 2.05) is 30.3 Å². The third-order valence-electron chi connectivity index (χ3n) is 4.67. The number of fused-ring (bicyclic) bond motifs is 1. The Morgan fingerprint density at radius 1 is 1.30 bits per heavy atom.